The molecule has 0 aliphatic heterocycles. The van der Waals surface area contributed by atoms with Gasteiger partial charge in [-0.05, 0) is 49.9 Å². The molecular formula is C16H21NOS. The third-order valence-electron chi connectivity index (χ3n) is 3.21. The quantitative estimate of drug-likeness (QED) is 0.792. The van der Waals surface area contributed by atoms with Crippen LogP contribution in [-0.4, -0.2) is 19.7 Å². The molecule has 2 aromatic rings. The normalized spacial score (nSPS) is 12.3. The van der Waals surface area contributed by atoms with Gasteiger partial charge in [0.15, 0.2) is 0 Å². The van der Waals surface area contributed by atoms with E-state index >= 15 is 0 Å². The van der Waals surface area contributed by atoms with Crippen LogP contribution in [-0.2, 0) is 6.42 Å². The number of nitrogens with one attached hydrogen (secondary N) is 1. The minimum Gasteiger partial charge on any atom is -0.494 e. The lowest BCUT2D eigenvalue weighted by atomic mass is 10.1. The molecule has 1 aromatic carbocycles. The first-order chi connectivity index (χ1) is 9.38. The van der Waals surface area contributed by atoms with E-state index in [1.165, 1.54) is 4.88 Å². The number of thiophene rings is 1. The second-order valence-corrected chi connectivity index (χ2v) is 5.59. The predicted octanol–water partition coefficient (Wildman–Crippen LogP) is 3.74. The Hall–Kier alpha value is -1.32. The van der Waals surface area contributed by atoms with Gasteiger partial charge < -0.3 is 10.1 Å². The SMILES string of the molecule is CNC(CCOc1ccccc1)CCc1cccs1. The highest BCUT2D eigenvalue weighted by Gasteiger charge is 2.07. The molecule has 0 aliphatic carbocycles. The summed E-state index contributed by atoms with van der Waals surface area (Å²) in [7, 11) is 2.03. The molecule has 0 radical (unpaired) electrons. The van der Waals surface area contributed by atoms with Crippen molar-refractivity contribution in [3.63, 3.8) is 0 Å². The molecule has 0 spiro atoms. The Balaban J connectivity index is 1.67. The van der Waals surface area contributed by atoms with Crippen molar-refractivity contribution in [3.05, 3.63) is 52.7 Å². The maximum atomic E-state index is 5.74. The second-order valence-electron chi connectivity index (χ2n) is 4.55. The minimum absolute atomic E-state index is 0.519. The molecule has 2 rings (SSSR count). The lowest BCUT2D eigenvalue weighted by molar-refractivity contribution is 0.285. The number of aryl methyl sites for hydroxylation is 1. The summed E-state index contributed by atoms with van der Waals surface area (Å²) in [4.78, 5) is 1.46. The molecule has 1 aromatic heterocycles. The first-order valence-electron chi connectivity index (χ1n) is 6.76. The Bertz CT molecular complexity index is 441. The molecule has 2 nitrogen and oxygen atoms in total. The molecule has 102 valence electrons. The Morgan fingerprint density at radius 2 is 1.95 bits per heavy atom. The monoisotopic (exact) mass is 275 g/mol. The van der Waals surface area contributed by atoms with Gasteiger partial charge in [0.05, 0.1) is 6.61 Å². The Labute approximate surface area is 119 Å². The zero-order valence-corrected chi connectivity index (χ0v) is 12.2. The lowest BCUT2D eigenvalue weighted by Crippen LogP contribution is -2.27. The third-order valence-corrected chi connectivity index (χ3v) is 4.14. The average Bonchev–Trinajstić information content (AvgIpc) is 2.97. The summed E-state index contributed by atoms with van der Waals surface area (Å²) in [5.74, 6) is 0.954. The maximum absolute atomic E-state index is 5.74. The number of ether oxygens (including phenoxy) is 1. The Morgan fingerprint density at radius 3 is 2.63 bits per heavy atom. The zero-order valence-electron chi connectivity index (χ0n) is 11.3. The molecule has 0 saturated heterocycles. The van der Waals surface area contributed by atoms with Gasteiger partial charge in [0.25, 0.3) is 0 Å². The molecule has 1 atom stereocenters. The van der Waals surface area contributed by atoms with Gasteiger partial charge in [0.1, 0.15) is 5.75 Å². The predicted molar refractivity (Wildman–Crippen MR) is 82.0 cm³/mol. The summed E-state index contributed by atoms with van der Waals surface area (Å²) in [5, 5.41) is 5.52. The van der Waals surface area contributed by atoms with Gasteiger partial charge in [0, 0.05) is 10.9 Å². The highest BCUT2D eigenvalue weighted by atomic mass is 32.1. The molecule has 1 unspecified atom stereocenters. The van der Waals surface area contributed by atoms with Gasteiger partial charge in [0.2, 0.25) is 0 Å². The van der Waals surface area contributed by atoms with E-state index in [-0.39, 0.29) is 0 Å². The van der Waals surface area contributed by atoms with Crippen LogP contribution < -0.4 is 10.1 Å². The molecule has 0 aliphatic rings. The van der Waals surface area contributed by atoms with Crippen molar-refractivity contribution in [2.45, 2.75) is 25.3 Å². The van der Waals surface area contributed by atoms with Crippen molar-refractivity contribution in [1.29, 1.82) is 0 Å². The van der Waals surface area contributed by atoms with Crippen LogP contribution in [0.5, 0.6) is 5.75 Å². The summed E-state index contributed by atoms with van der Waals surface area (Å²) in [6.45, 7) is 0.764. The number of hydrogen-bond donors (Lipinski definition) is 1. The maximum Gasteiger partial charge on any atom is 0.119 e. The summed E-state index contributed by atoms with van der Waals surface area (Å²) in [6.07, 6.45) is 3.35. The summed E-state index contributed by atoms with van der Waals surface area (Å²) in [6, 6.07) is 14.9. The van der Waals surface area contributed by atoms with Gasteiger partial charge in [-0.15, -0.1) is 11.3 Å². The van der Waals surface area contributed by atoms with Crippen molar-refractivity contribution in [2.24, 2.45) is 0 Å². The van der Waals surface area contributed by atoms with Crippen molar-refractivity contribution in [1.82, 2.24) is 5.32 Å². The molecule has 0 amide bonds. The molecule has 19 heavy (non-hydrogen) atoms. The van der Waals surface area contributed by atoms with Gasteiger partial charge >= 0.3 is 0 Å². The number of hydrogen-bond acceptors (Lipinski definition) is 3. The number of rotatable bonds is 8. The van der Waals surface area contributed by atoms with Gasteiger partial charge in [-0.25, -0.2) is 0 Å². The topological polar surface area (TPSA) is 21.3 Å². The van der Waals surface area contributed by atoms with E-state index in [0.29, 0.717) is 6.04 Å². The van der Waals surface area contributed by atoms with E-state index in [2.05, 4.69) is 22.8 Å². The number of benzene rings is 1. The van der Waals surface area contributed by atoms with Crippen LogP contribution >= 0.6 is 11.3 Å². The van der Waals surface area contributed by atoms with Crippen LogP contribution in [0, 0.1) is 0 Å². The first-order valence-corrected chi connectivity index (χ1v) is 7.64. The van der Waals surface area contributed by atoms with Crippen molar-refractivity contribution in [3.8, 4) is 5.75 Å². The Kier molecular flexibility index (Phi) is 5.92. The fourth-order valence-corrected chi connectivity index (χ4v) is 2.76. The van der Waals surface area contributed by atoms with Gasteiger partial charge in [-0.2, -0.15) is 0 Å². The standard InChI is InChI=1S/C16H21NOS/c1-17-14(9-10-16-8-5-13-19-16)11-12-18-15-6-3-2-4-7-15/h2-8,13-14,17H,9-12H2,1H3. The van der Waals surface area contributed by atoms with E-state index in [9.17, 15) is 0 Å². The van der Waals surface area contributed by atoms with E-state index in [0.717, 1.165) is 31.6 Å². The smallest absolute Gasteiger partial charge is 0.119 e. The Morgan fingerprint density at radius 1 is 1.11 bits per heavy atom. The fourth-order valence-electron chi connectivity index (χ4n) is 2.04. The van der Waals surface area contributed by atoms with Crippen molar-refractivity contribution in [2.75, 3.05) is 13.7 Å². The molecule has 0 bridgehead atoms. The van der Waals surface area contributed by atoms with E-state index in [1.54, 1.807) is 0 Å². The molecule has 1 N–H and O–H groups in total. The van der Waals surface area contributed by atoms with Crippen LogP contribution in [0.4, 0.5) is 0 Å². The number of para-hydroxylation sites is 1. The van der Waals surface area contributed by atoms with Gasteiger partial charge in [-0.3, -0.25) is 0 Å². The zero-order chi connectivity index (χ0) is 13.3. The van der Waals surface area contributed by atoms with Crippen LogP contribution in [0.3, 0.4) is 0 Å². The van der Waals surface area contributed by atoms with Crippen LogP contribution in [0.1, 0.15) is 17.7 Å². The van der Waals surface area contributed by atoms with E-state index < -0.39 is 0 Å². The molecule has 1 heterocycles. The summed E-state index contributed by atoms with van der Waals surface area (Å²) in [5.41, 5.74) is 0. The minimum atomic E-state index is 0.519. The summed E-state index contributed by atoms with van der Waals surface area (Å²) >= 11 is 1.84. The highest BCUT2D eigenvalue weighted by Crippen LogP contribution is 2.14. The third kappa shape index (κ3) is 5.05. The van der Waals surface area contributed by atoms with Crippen LogP contribution in [0.2, 0.25) is 0 Å². The largest absolute Gasteiger partial charge is 0.494 e. The van der Waals surface area contributed by atoms with E-state index in [1.807, 2.05) is 48.7 Å². The second kappa shape index (κ2) is 7.97. The fraction of sp³-hybridized carbons (Fsp3) is 0.375. The first kappa shape index (κ1) is 14.1. The average molecular weight is 275 g/mol. The van der Waals surface area contributed by atoms with E-state index in [4.69, 9.17) is 4.74 Å². The molecule has 0 fully saturated rings. The van der Waals surface area contributed by atoms with Crippen molar-refractivity contribution < 1.29 is 4.74 Å². The molecule has 0 saturated carbocycles. The van der Waals surface area contributed by atoms with Crippen molar-refractivity contribution >= 4 is 11.3 Å². The highest BCUT2D eigenvalue weighted by molar-refractivity contribution is 7.09. The van der Waals surface area contributed by atoms with Crippen LogP contribution in [0.15, 0.2) is 47.8 Å². The lowest BCUT2D eigenvalue weighted by Gasteiger charge is -2.16. The molecule has 3 heteroatoms. The molecular weight excluding hydrogens is 254 g/mol. The van der Waals surface area contributed by atoms with Gasteiger partial charge in [-0.1, -0.05) is 24.3 Å². The van der Waals surface area contributed by atoms with Crippen LogP contribution in [0.25, 0.3) is 0 Å². The summed E-state index contributed by atoms with van der Waals surface area (Å²) < 4.78 is 5.74.